The molecule has 1 aromatic heterocycles. The Hall–Kier alpha value is -1.95. The summed E-state index contributed by atoms with van der Waals surface area (Å²) in [5.74, 6) is -2.77. The third-order valence-electron chi connectivity index (χ3n) is 2.38. The number of anilines is 1. The first-order chi connectivity index (χ1) is 8.59. The number of hydrogen-bond donors (Lipinski definition) is 2. The van der Waals surface area contributed by atoms with E-state index in [0.29, 0.717) is 0 Å². The molecular formula is C12H10F2N2OS. The Morgan fingerprint density at radius 3 is 2.78 bits per heavy atom. The van der Waals surface area contributed by atoms with E-state index in [0.717, 1.165) is 17.7 Å². The number of thiophene rings is 1. The van der Waals surface area contributed by atoms with Crippen LogP contribution in [0, 0.1) is 11.6 Å². The quantitative estimate of drug-likeness (QED) is 0.840. The van der Waals surface area contributed by atoms with Crippen molar-refractivity contribution in [3.8, 4) is 0 Å². The van der Waals surface area contributed by atoms with Crippen LogP contribution in [0.15, 0.2) is 29.0 Å². The molecule has 1 amide bonds. The van der Waals surface area contributed by atoms with E-state index in [9.17, 15) is 13.6 Å². The van der Waals surface area contributed by atoms with Crippen LogP contribution in [-0.4, -0.2) is 5.91 Å². The molecule has 0 saturated carbocycles. The number of nitrogens with one attached hydrogen (secondary N) is 1. The maximum Gasteiger partial charge on any atom is 0.257 e. The van der Waals surface area contributed by atoms with Crippen molar-refractivity contribution in [2.45, 2.75) is 6.54 Å². The average Bonchev–Trinajstić information content (AvgIpc) is 2.85. The zero-order valence-corrected chi connectivity index (χ0v) is 10.1. The summed E-state index contributed by atoms with van der Waals surface area (Å²) in [6.45, 7) is 0.218. The Balaban J connectivity index is 2.16. The molecule has 0 aliphatic carbocycles. The van der Waals surface area contributed by atoms with Gasteiger partial charge in [-0.1, -0.05) is 0 Å². The van der Waals surface area contributed by atoms with Gasteiger partial charge in [0.1, 0.15) is 11.4 Å². The van der Waals surface area contributed by atoms with E-state index in [1.165, 1.54) is 11.3 Å². The minimum Gasteiger partial charge on any atom is -0.396 e. The molecule has 18 heavy (non-hydrogen) atoms. The van der Waals surface area contributed by atoms with Crippen molar-refractivity contribution in [3.05, 3.63) is 51.7 Å². The fourth-order valence-electron chi connectivity index (χ4n) is 1.44. The van der Waals surface area contributed by atoms with Gasteiger partial charge in [-0.2, -0.15) is 11.3 Å². The van der Waals surface area contributed by atoms with E-state index in [1.807, 2.05) is 16.8 Å². The molecule has 2 rings (SSSR count). The third kappa shape index (κ3) is 2.48. The summed E-state index contributed by atoms with van der Waals surface area (Å²) in [4.78, 5) is 11.7. The lowest BCUT2D eigenvalue weighted by molar-refractivity contribution is 0.0942. The first kappa shape index (κ1) is 12.5. The van der Waals surface area contributed by atoms with E-state index in [1.54, 1.807) is 0 Å². The van der Waals surface area contributed by atoms with Gasteiger partial charge in [0.05, 0.1) is 5.69 Å². The number of benzene rings is 1. The standard InChI is InChI=1S/C12H10F2N2OS/c13-8-1-2-9(15)11(14)10(8)12(17)16-5-7-3-4-18-6-7/h1-4,6H,5,15H2,(H,16,17). The molecule has 0 saturated heterocycles. The average molecular weight is 268 g/mol. The van der Waals surface area contributed by atoms with Crippen molar-refractivity contribution in [3.63, 3.8) is 0 Å². The lowest BCUT2D eigenvalue weighted by Gasteiger charge is -2.07. The molecular weight excluding hydrogens is 258 g/mol. The molecule has 0 radical (unpaired) electrons. The number of nitrogens with two attached hydrogens (primary N) is 1. The van der Waals surface area contributed by atoms with Crippen LogP contribution in [0.3, 0.4) is 0 Å². The summed E-state index contributed by atoms with van der Waals surface area (Å²) in [5, 5.41) is 6.13. The van der Waals surface area contributed by atoms with Crippen molar-refractivity contribution < 1.29 is 13.6 Å². The lowest BCUT2D eigenvalue weighted by atomic mass is 10.1. The van der Waals surface area contributed by atoms with Crippen LogP contribution in [0.4, 0.5) is 14.5 Å². The van der Waals surface area contributed by atoms with E-state index >= 15 is 0 Å². The van der Waals surface area contributed by atoms with Crippen molar-refractivity contribution in [1.82, 2.24) is 5.32 Å². The molecule has 0 bridgehead atoms. The van der Waals surface area contributed by atoms with Crippen LogP contribution in [0.25, 0.3) is 0 Å². The second-order valence-electron chi connectivity index (χ2n) is 3.64. The fourth-order valence-corrected chi connectivity index (χ4v) is 2.11. The van der Waals surface area contributed by atoms with Crippen LogP contribution in [0.1, 0.15) is 15.9 Å². The summed E-state index contributed by atoms with van der Waals surface area (Å²) in [6, 6.07) is 3.87. The largest absolute Gasteiger partial charge is 0.396 e. The lowest BCUT2D eigenvalue weighted by Crippen LogP contribution is -2.25. The summed E-state index contributed by atoms with van der Waals surface area (Å²) < 4.78 is 26.9. The van der Waals surface area contributed by atoms with Gasteiger partial charge in [-0.25, -0.2) is 8.78 Å². The van der Waals surface area contributed by atoms with Gasteiger partial charge >= 0.3 is 0 Å². The van der Waals surface area contributed by atoms with Crippen LogP contribution >= 0.6 is 11.3 Å². The summed E-state index contributed by atoms with van der Waals surface area (Å²) >= 11 is 1.48. The van der Waals surface area contributed by atoms with Crippen molar-refractivity contribution >= 4 is 22.9 Å². The number of carbonyl (C=O) groups is 1. The van der Waals surface area contributed by atoms with Crippen LogP contribution < -0.4 is 11.1 Å². The Morgan fingerprint density at radius 1 is 1.33 bits per heavy atom. The van der Waals surface area contributed by atoms with Gasteiger partial charge < -0.3 is 11.1 Å². The molecule has 1 heterocycles. The number of carbonyl (C=O) groups excluding carboxylic acids is 1. The Bertz CT molecular complexity index is 570. The van der Waals surface area contributed by atoms with Gasteiger partial charge in [0.25, 0.3) is 5.91 Å². The Morgan fingerprint density at radius 2 is 2.11 bits per heavy atom. The number of nitrogen functional groups attached to an aromatic ring is 1. The van der Waals surface area contributed by atoms with Crippen molar-refractivity contribution in [1.29, 1.82) is 0 Å². The number of hydrogen-bond acceptors (Lipinski definition) is 3. The highest BCUT2D eigenvalue weighted by Crippen LogP contribution is 2.18. The Labute approximate surface area is 106 Å². The van der Waals surface area contributed by atoms with Crippen LogP contribution in [0.2, 0.25) is 0 Å². The second-order valence-corrected chi connectivity index (χ2v) is 4.42. The van der Waals surface area contributed by atoms with Gasteiger partial charge in [0.15, 0.2) is 5.82 Å². The Kier molecular flexibility index (Phi) is 3.57. The summed E-state index contributed by atoms with van der Waals surface area (Å²) in [7, 11) is 0. The maximum atomic E-state index is 13.6. The van der Waals surface area contributed by atoms with Crippen LogP contribution in [0.5, 0.6) is 0 Å². The molecule has 0 atom stereocenters. The highest BCUT2D eigenvalue weighted by molar-refractivity contribution is 7.07. The van der Waals surface area contributed by atoms with Crippen molar-refractivity contribution in [2.75, 3.05) is 5.73 Å². The minimum atomic E-state index is -1.03. The van der Waals surface area contributed by atoms with Crippen molar-refractivity contribution in [2.24, 2.45) is 0 Å². The molecule has 2 aromatic rings. The highest BCUT2D eigenvalue weighted by atomic mass is 32.1. The molecule has 0 unspecified atom stereocenters. The smallest absolute Gasteiger partial charge is 0.257 e. The normalized spacial score (nSPS) is 10.3. The van der Waals surface area contributed by atoms with Crippen LogP contribution in [-0.2, 0) is 6.54 Å². The molecule has 0 aliphatic rings. The van der Waals surface area contributed by atoms with Gasteiger partial charge in [-0.15, -0.1) is 0 Å². The van der Waals surface area contributed by atoms with E-state index in [-0.39, 0.29) is 12.2 Å². The van der Waals surface area contributed by atoms with E-state index < -0.39 is 23.1 Å². The third-order valence-corrected chi connectivity index (χ3v) is 3.11. The highest BCUT2D eigenvalue weighted by Gasteiger charge is 2.19. The molecule has 0 fully saturated rings. The molecule has 3 N–H and O–H groups in total. The predicted molar refractivity (Wildman–Crippen MR) is 66.3 cm³/mol. The van der Waals surface area contributed by atoms with Gasteiger partial charge in [0.2, 0.25) is 0 Å². The molecule has 0 spiro atoms. The van der Waals surface area contributed by atoms with Gasteiger partial charge in [-0.3, -0.25) is 4.79 Å². The fraction of sp³-hybridized carbons (Fsp3) is 0.0833. The molecule has 0 aliphatic heterocycles. The van der Waals surface area contributed by atoms with Gasteiger partial charge in [0, 0.05) is 6.54 Å². The predicted octanol–water partition coefficient (Wildman–Crippen LogP) is 2.54. The monoisotopic (exact) mass is 268 g/mol. The SMILES string of the molecule is Nc1ccc(F)c(C(=O)NCc2ccsc2)c1F. The molecule has 3 nitrogen and oxygen atoms in total. The summed E-state index contributed by atoms with van der Waals surface area (Å²) in [6.07, 6.45) is 0. The van der Waals surface area contributed by atoms with Gasteiger partial charge in [-0.05, 0) is 34.5 Å². The van der Waals surface area contributed by atoms with E-state index in [2.05, 4.69) is 5.32 Å². The zero-order valence-electron chi connectivity index (χ0n) is 9.24. The second kappa shape index (κ2) is 5.14. The number of rotatable bonds is 3. The molecule has 94 valence electrons. The first-order valence-electron chi connectivity index (χ1n) is 5.12. The number of halogens is 2. The minimum absolute atomic E-state index is 0.218. The first-order valence-corrected chi connectivity index (χ1v) is 6.06. The molecule has 6 heteroatoms. The number of amides is 1. The summed E-state index contributed by atoms with van der Waals surface area (Å²) in [5.41, 5.74) is 5.27. The topological polar surface area (TPSA) is 55.1 Å². The maximum absolute atomic E-state index is 13.6. The zero-order chi connectivity index (χ0) is 13.1. The van der Waals surface area contributed by atoms with E-state index in [4.69, 9.17) is 5.73 Å². The molecule has 1 aromatic carbocycles.